The van der Waals surface area contributed by atoms with Crippen LogP contribution in [0.4, 0.5) is 5.69 Å². The number of carboxylic acids is 1. The molecule has 0 aliphatic rings. The van der Waals surface area contributed by atoms with Gasteiger partial charge in [0, 0.05) is 24.2 Å². The van der Waals surface area contributed by atoms with E-state index in [1.165, 1.54) is 5.39 Å². The van der Waals surface area contributed by atoms with Gasteiger partial charge in [-0.05, 0) is 77.8 Å². The zero-order chi connectivity index (χ0) is 25.3. The lowest BCUT2D eigenvalue weighted by Crippen LogP contribution is -2.41. The molecule has 36 heavy (non-hydrogen) atoms. The summed E-state index contributed by atoms with van der Waals surface area (Å²) in [5, 5.41) is 15.4. The van der Waals surface area contributed by atoms with Gasteiger partial charge in [-0.2, -0.15) is 0 Å². The van der Waals surface area contributed by atoms with Crippen LogP contribution in [-0.2, 0) is 11.2 Å². The summed E-state index contributed by atoms with van der Waals surface area (Å²) in [4.78, 5) is 13.1. The predicted octanol–water partition coefficient (Wildman–Crippen LogP) is 6.30. The summed E-state index contributed by atoms with van der Waals surface area (Å²) in [6.45, 7) is 3.82. The number of anilines is 1. The number of ether oxygens (including phenoxy) is 1. The molecule has 4 rings (SSSR count). The molecule has 4 aromatic carbocycles. The molecule has 0 atom stereocenters. The maximum Gasteiger partial charge on any atom is 0.303 e. The number of para-hydroxylation sites is 1. The molecule has 2 N–H and O–H groups in total. The Balaban J connectivity index is 1.48. The van der Waals surface area contributed by atoms with Crippen molar-refractivity contribution >= 4 is 39.8 Å². The maximum atomic E-state index is 11.1. The summed E-state index contributed by atoms with van der Waals surface area (Å²) in [7, 11) is 0. The van der Waals surface area contributed by atoms with Crippen molar-refractivity contribution in [1.29, 1.82) is 0 Å². The summed E-state index contributed by atoms with van der Waals surface area (Å²) in [6.07, 6.45) is 0.562. The highest BCUT2D eigenvalue weighted by Gasteiger charge is 2.12. The number of rotatable bonds is 10. The molecule has 5 nitrogen and oxygen atoms in total. The maximum absolute atomic E-state index is 11.1. The highest BCUT2D eigenvalue weighted by molar-refractivity contribution is 7.80. The molecule has 0 spiro atoms. The Labute approximate surface area is 217 Å². The van der Waals surface area contributed by atoms with Gasteiger partial charge in [-0.15, -0.1) is 0 Å². The van der Waals surface area contributed by atoms with Gasteiger partial charge < -0.3 is 20.1 Å². The van der Waals surface area contributed by atoms with Crippen LogP contribution in [0, 0.1) is 0 Å². The Morgan fingerprint density at radius 2 is 1.69 bits per heavy atom. The fraction of sp³-hybridized carbons (Fsp3) is 0.200. The quantitative estimate of drug-likeness (QED) is 0.198. The summed E-state index contributed by atoms with van der Waals surface area (Å²) >= 11 is 5.61. The number of benzene rings is 4. The highest BCUT2D eigenvalue weighted by atomic mass is 32.1. The van der Waals surface area contributed by atoms with Crippen molar-refractivity contribution < 1.29 is 14.6 Å². The van der Waals surface area contributed by atoms with Crippen LogP contribution in [0.2, 0.25) is 0 Å². The molecule has 0 saturated heterocycles. The zero-order valence-corrected chi connectivity index (χ0v) is 21.1. The van der Waals surface area contributed by atoms with Gasteiger partial charge in [-0.3, -0.25) is 4.79 Å². The zero-order valence-electron chi connectivity index (χ0n) is 20.3. The monoisotopic (exact) mass is 498 g/mol. The fourth-order valence-corrected chi connectivity index (χ4v) is 4.49. The summed E-state index contributed by atoms with van der Waals surface area (Å²) in [5.74, 6) is -0.0475. The van der Waals surface area contributed by atoms with Crippen molar-refractivity contribution in [3.8, 4) is 16.9 Å². The van der Waals surface area contributed by atoms with Crippen molar-refractivity contribution in [3.63, 3.8) is 0 Å². The topological polar surface area (TPSA) is 61.8 Å². The molecule has 6 heteroatoms. The number of thiocarbonyl (C=S) groups is 1. The minimum absolute atomic E-state index is 0.0913. The van der Waals surface area contributed by atoms with E-state index in [-0.39, 0.29) is 6.42 Å². The molecule has 0 aliphatic carbocycles. The van der Waals surface area contributed by atoms with Gasteiger partial charge >= 0.3 is 5.97 Å². The Kier molecular flexibility index (Phi) is 8.53. The van der Waals surface area contributed by atoms with Gasteiger partial charge in [-0.25, -0.2) is 0 Å². The van der Waals surface area contributed by atoms with Crippen LogP contribution < -0.4 is 15.0 Å². The molecule has 0 heterocycles. The minimum atomic E-state index is -0.804. The third-order valence-corrected chi connectivity index (χ3v) is 6.36. The average molecular weight is 499 g/mol. The molecule has 0 radical (unpaired) electrons. The molecule has 0 fully saturated rings. The molecule has 0 aromatic heterocycles. The fourth-order valence-electron chi connectivity index (χ4n) is 4.16. The van der Waals surface area contributed by atoms with Gasteiger partial charge in [0.2, 0.25) is 0 Å². The number of aliphatic carboxylic acids is 1. The Hall–Kier alpha value is -3.90. The Morgan fingerprint density at radius 1 is 0.944 bits per heavy atom. The molecular weight excluding hydrogens is 468 g/mol. The number of nitrogens with zero attached hydrogens (tertiary/aromatic N) is 1. The second-order valence-corrected chi connectivity index (χ2v) is 8.83. The lowest BCUT2D eigenvalue weighted by molar-refractivity contribution is -0.136. The van der Waals surface area contributed by atoms with Crippen molar-refractivity contribution in [2.45, 2.75) is 19.8 Å². The van der Waals surface area contributed by atoms with Crippen molar-refractivity contribution in [2.24, 2.45) is 0 Å². The number of fused-ring (bicyclic) bond motifs is 1. The first kappa shape index (κ1) is 25.2. The first-order valence-corrected chi connectivity index (χ1v) is 12.5. The van der Waals surface area contributed by atoms with Gasteiger partial charge in [-0.1, -0.05) is 60.7 Å². The van der Waals surface area contributed by atoms with E-state index in [0.29, 0.717) is 24.7 Å². The van der Waals surface area contributed by atoms with Gasteiger partial charge in [0.25, 0.3) is 0 Å². The lowest BCUT2D eigenvalue weighted by atomic mass is 9.97. The summed E-state index contributed by atoms with van der Waals surface area (Å²) in [5.41, 5.74) is 4.00. The first-order chi connectivity index (χ1) is 17.5. The van der Waals surface area contributed by atoms with Gasteiger partial charge in [0.1, 0.15) is 12.4 Å². The van der Waals surface area contributed by atoms with E-state index in [1.54, 1.807) is 0 Å². The number of carboxylic acid groups (broad SMARTS) is 1. The van der Waals surface area contributed by atoms with Gasteiger partial charge in [0.15, 0.2) is 5.11 Å². The standard InChI is InChI=1S/C30H30N2O3S/c1-2-32(26-10-4-3-5-11-26)30(36)31-18-19-35-28-16-12-22(13-17-29(33)34)20-27(28)25-15-14-23-8-6-7-9-24(23)21-25/h3-12,14-16,20-21H,2,13,17-19H2,1H3,(H,31,36)(H,33,34). The van der Waals surface area contributed by atoms with Gasteiger partial charge in [0.05, 0.1) is 6.54 Å². The average Bonchev–Trinajstić information content (AvgIpc) is 2.91. The third-order valence-electron chi connectivity index (χ3n) is 6.00. The van der Waals surface area contributed by atoms with Crippen LogP contribution in [0.15, 0.2) is 91.0 Å². The van der Waals surface area contributed by atoms with Crippen LogP contribution in [0.3, 0.4) is 0 Å². The normalized spacial score (nSPS) is 10.7. The molecule has 0 saturated carbocycles. The van der Waals surface area contributed by atoms with E-state index in [2.05, 4.69) is 42.6 Å². The summed E-state index contributed by atoms with van der Waals surface area (Å²) in [6, 6.07) is 30.5. The second-order valence-electron chi connectivity index (χ2n) is 8.45. The lowest BCUT2D eigenvalue weighted by Gasteiger charge is -2.24. The van der Waals surface area contributed by atoms with Crippen molar-refractivity contribution in [3.05, 3.63) is 96.6 Å². The van der Waals surface area contributed by atoms with Crippen LogP contribution >= 0.6 is 12.2 Å². The number of hydrogen-bond donors (Lipinski definition) is 2. The molecule has 0 amide bonds. The molecule has 0 bridgehead atoms. The minimum Gasteiger partial charge on any atom is -0.491 e. The van der Waals surface area contributed by atoms with E-state index in [1.807, 2.05) is 65.6 Å². The predicted molar refractivity (Wildman–Crippen MR) is 151 cm³/mol. The number of hydrogen-bond acceptors (Lipinski definition) is 3. The van der Waals surface area contributed by atoms with E-state index in [0.717, 1.165) is 40.1 Å². The molecular formula is C30H30N2O3S. The van der Waals surface area contributed by atoms with Crippen LogP contribution in [0.1, 0.15) is 18.9 Å². The largest absolute Gasteiger partial charge is 0.491 e. The van der Waals surface area contributed by atoms with Crippen molar-refractivity contribution in [2.75, 3.05) is 24.6 Å². The Bertz CT molecular complexity index is 1340. The van der Waals surface area contributed by atoms with E-state index < -0.39 is 5.97 Å². The Morgan fingerprint density at radius 3 is 2.44 bits per heavy atom. The van der Waals surface area contributed by atoms with E-state index >= 15 is 0 Å². The molecule has 0 aliphatic heterocycles. The smallest absolute Gasteiger partial charge is 0.303 e. The number of carbonyl (C=O) groups is 1. The molecule has 0 unspecified atom stereocenters. The second kappa shape index (κ2) is 12.2. The summed E-state index contributed by atoms with van der Waals surface area (Å²) < 4.78 is 6.20. The SMILES string of the molecule is CCN(C(=S)NCCOc1ccc(CCC(=O)O)cc1-c1ccc2ccccc2c1)c1ccccc1. The number of aryl methyl sites for hydroxylation is 1. The van der Waals surface area contributed by atoms with Crippen molar-refractivity contribution in [1.82, 2.24) is 5.32 Å². The van der Waals surface area contributed by atoms with Crippen LogP contribution in [-0.4, -0.2) is 35.9 Å². The first-order valence-electron chi connectivity index (χ1n) is 12.1. The van der Waals surface area contributed by atoms with Crippen LogP contribution in [0.25, 0.3) is 21.9 Å². The number of nitrogens with one attached hydrogen (secondary N) is 1. The molecule has 184 valence electrons. The highest BCUT2D eigenvalue weighted by Crippen LogP contribution is 2.33. The van der Waals surface area contributed by atoms with E-state index in [9.17, 15) is 4.79 Å². The third kappa shape index (κ3) is 6.40. The van der Waals surface area contributed by atoms with Crippen LogP contribution in [0.5, 0.6) is 5.75 Å². The molecule has 4 aromatic rings. The van der Waals surface area contributed by atoms with E-state index in [4.69, 9.17) is 22.1 Å².